The molecule has 2 amide bonds. The highest BCUT2D eigenvalue weighted by Gasteiger charge is 2.77. The second-order valence-electron chi connectivity index (χ2n) is 10.9. The first-order valence-electron chi connectivity index (χ1n) is 13.5. The zero-order chi connectivity index (χ0) is 27.5. The third-order valence-electron chi connectivity index (χ3n) is 8.19. The van der Waals surface area contributed by atoms with Gasteiger partial charge in [0.1, 0.15) is 11.6 Å². The summed E-state index contributed by atoms with van der Waals surface area (Å²) in [6, 6.07) is -1.61. The van der Waals surface area contributed by atoms with Crippen LogP contribution < -0.4 is 0 Å². The second-order valence-corrected chi connectivity index (χ2v) is 12.1. The number of likely N-dealkylation sites (tertiary alicyclic amines) is 1. The fourth-order valence-electron chi connectivity index (χ4n) is 6.45. The molecule has 3 fully saturated rings. The highest BCUT2D eigenvalue weighted by atomic mass is 79.9. The van der Waals surface area contributed by atoms with Crippen molar-refractivity contribution in [3.63, 3.8) is 0 Å². The number of unbranched alkanes of at least 4 members (excludes halogenated alkanes) is 1. The van der Waals surface area contributed by atoms with Gasteiger partial charge >= 0.3 is 5.97 Å². The molecule has 9 heteroatoms. The molecule has 3 aliphatic heterocycles. The SMILES string of the molecule is C=CCCCOC(=O)[C@H]1[C@H]2C(=O)N([C@@H](CO)C(C)C)C(C(=O)N(CC=C)C(C)CCC)C23CC(Br)[C@@H]1O3. The molecule has 3 rings (SSSR count). The maximum atomic E-state index is 14.4. The summed E-state index contributed by atoms with van der Waals surface area (Å²) in [5.41, 5.74) is -1.18. The molecular weight excluding hydrogens is 540 g/mol. The minimum Gasteiger partial charge on any atom is -0.465 e. The van der Waals surface area contributed by atoms with Crippen molar-refractivity contribution in [2.24, 2.45) is 17.8 Å². The Morgan fingerprint density at radius 3 is 2.59 bits per heavy atom. The first-order chi connectivity index (χ1) is 17.6. The van der Waals surface area contributed by atoms with Crippen LogP contribution in [0.3, 0.4) is 0 Å². The molecule has 0 aliphatic carbocycles. The predicted molar refractivity (Wildman–Crippen MR) is 145 cm³/mol. The molecule has 8 nitrogen and oxygen atoms in total. The topological polar surface area (TPSA) is 96.4 Å². The van der Waals surface area contributed by atoms with E-state index in [0.29, 0.717) is 19.4 Å². The van der Waals surface area contributed by atoms with Crippen molar-refractivity contribution in [2.75, 3.05) is 19.8 Å². The van der Waals surface area contributed by atoms with Crippen LogP contribution in [0.15, 0.2) is 25.3 Å². The molecule has 3 saturated heterocycles. The van der Waals surface area contributed by atoms with E-state index in [4.69, 9.17) is 9.47 Å². The van der Waals surface area contributed by atoms with E-state index >= 15 is 0 Å². The number of carbonyl (C=O) groups excluding carboxylic acids is 3. The molecule has 0 aromatic rings. The van der Waals surface area contributed by atoms with E-state index in [9.17, 15) is 19.5 Å². The van der Waals surface area contributed by atoms with Crippen LogP contribution in [0.25, 0.3) is 0 Å². The summed E-state index contributed by atoms with van der Waals surface area (Å²) < 4.78 is 12.1. The van der Waals surface area contributed by atoms with E-state index in [0.717, 1.165) is 19.3 Å². The molecule has 208 valence electrons. The number of alkyl halides is 1. The Labute approximate surface area is 229 Å². The van der Waals surface area contributed by atoms with Crippen molar-refractivity contribution in [3.8, 4) is 0 Å². The fourth-order valence-corrected chi connectivity index (χ4v) is 7.39. The molecule has 0 aromatic heterocycles. The molecular formula is C28H43BrN2O6. The van der Waals surface area contributed by atoms with Crippen LogP contribution in [-0.2, 0) is 23.9 Å². The Hall–Kier alpha value is -1.71. The number of ether oxygens (including phenoxy) is 2. The zero-order valence-corrected chi connectivity index (χ0v) is 24.2. The van der Waals surface area contributed by atoms with Crippen molar-refractivity contribution in [1.82, 2.24) is 9.80 Å². The number of hydrogen-bond donors (Lipinski definition) is 1. The van der Waals surface area contributed by atoms with E-state index in [1.54, 1.807) is 17.1 Å². The number of aliphatic hydroxyl groups excluding tert-OH is 1. The van der Waals surface area contributed by atoms with E-state index < -0.39 is 41.6 Å². The molecule has 8 atom stereocenters. The van der Waals surface area contributed by atoms with E-state index in [-0.39, 0.29) is 41.8 Å². The number of fused-ring (bicyclic) bond motifs is 1. The number of rotatable bonds is 14. The number of amides is 2. The Morgan fingerprint density at radius 2 is 2.03 bits per heavy atom. The molecule has 0 radical (unpaired) electrons. The Bertz CT molecular complexity index is 881. The summed E-state index contributed by atoms with van der Waals surface area (Å²) in [6.07, 6.45) is 6.38. The summed E-state index contributed by atoms with van der Waals surface area (Å²) in [6.45, 7) is 15.7. The molecule has 2 bridgehead atoms. The molecule has 3 heterocycles. The van der Waals surface area contributed by atoms with Crippen LogP contribution in [0.4, 0.5) is 0 Å². The predicted octanol–water partition coefficient (Wildman–Crippen LogP) is 3.46. The van der Waals surface area contributed by atoms with E-state index in [1.807, 2.05) is 20.8 Å². The molecule has 0 aromatic carbocycles. The average molecular weight is 584 g/mol. The summed E-state index contributed by atoms with van der Waals surface area (Å²) in [5.74, 6) is -2.78. The van der Waals surface area contributed by atoms with Gasteiger partial charge in [0, 0.05) is 17.4 Å². The number of nitrogens with zero attached hydrogens (tertiary/aromatic N) is 2. The summed E-state index contributed by atoms with van der Waals surface area (Å²) in [4.78, 5) is 45.0. The number of halogens is 1. The quantitative estimate of drug-likeness (QED) is 0.146. The first kappa shape index (κ1) is 29.8. The number of hydrogen-bond acceptors (Lipinski definition) is 6. The average Bonchev–Trinajstić information content (AvgIpc) is 3.44. The minimum absolute atomic E-state index is 0.0708. The third kappa shape index (κ3) is 5.28. The van der Waals surface area contributed by atoms with Crippen LogP contribution in [0.5, 0.6) is 0 Å². The number of esters is 1. The van der Waals surface area contributed by atoms with Crippen LogP contribution in [-0.4, -0.2) is 87.1 Å². The van der Waals surface area contributed by atoms with Gasteiger partial charge in [-0.05, 0) is 38.5 Å². The van der Waals surface area contributed by atoms with Gasteiger partial charge in [-0.25, -0.2) is 0 Å². The smallest absolute Gasteiger partial charge is 0.312 e. The van der Waals surface area contributed by atoms with Crippen LogP contribution >= 0.6 is 15.9 Å². The number of aliphatic hydroxyl groups is 1. The number of allylic oxidation sites excluding steroid dienone is 1. The zero-order valence-electron chi connectivity index (χ0n) is 22.6. The van der Waals surface area contributed by atoms with Crippen molar-refractivity contribution in [1.29, 1.82) is 0 Å². The lowest BCUT2D eigenvalue weighted by Gasteiger charge is -2.41. The first-order valence-corrected chi connectivity index (χ1v) is 14.5. The molecule has 4 unspecified atom stereocenters. The van der Waals surface area contributed by atoms with Crippen LogP contribution in [0.2, 0.25) is 0 Å². The standard InChI is InChI=1S/C28H43BrN2O6/c1-7-10-11-14-36-27(35)21-22-25(33)31(20(16-32)17(4)5)24(28(22)15-19(29)23(21)37-28)26(34)30(13-9-3)18(6)12-8-2/h7,9,17-24,32H,1,3,8,10-16H2,2,4-6H3/t18?,19?,20-,21-,22-,23-,24?,28?/m0/s1. The summed E-state index contributed by atoms with van der Waals surface area (Å²) >= 11 is 3.68. The lowest BCUT2D eigenvalue weighted by molar-refractivity contribution is -0.157. The summed E-state index contributed by atoms with van der Waals surface area (Å²) in [5, 5.41) is 10.3. The van der Waals surface area contributed by atoms with Crippen molar-refractivity contribution in [2.45, 2.75) is 94.5 Å². The molecule has 1 spiro atoms. The lowest BCUT2D eigenvalue weighted by atomic mass is 9.70. The lowest BCUT2D eigenvalue weighted by Crippen LogP contribution is -2.61. The highest BCUT2D eigenvalue weighted by Crippen LogP contribution is 2.61. The van der Waals surface area contributed by atoms with Crippen LogP contribution in [0.1, 0.15) is 59.8 Å². The van der Waals surface area contributed by atoms with Gasteiger partial charge in [0.25, 0.3) is 0 Å². The van der Waals surface area contributed by atoms with Crippen molar-refractivity contribution in [3.05, 3.63) is 25.3 Å². The largest absolute Gasteiger partial charge is 0.465 e. The monoisotopic (exact) mass is 582 g/mol. The number of carbonyl (C=O) groups is 3. The summed E-state index contributed by atoms with van der Waals surface area (Å²) in [7, 11) is 0. The molecule has 3 aliphatic rings. The fraction of sp³-hybridized carbons (Fsp3) is 0.750. The van der Waals surface area contributed by atoms with Gasteiger partial charge in [-0.2, -0.15) is 0 Å². The Kier molecular flexibility index (Phi) is 10.0. The maximum absolute atomic E-state index is 14.4. The van der Waals surface area contributed by atoms with Gasteiger partial charge in [-0.1, -0.05) is 55.3 Å². The minimum atomic E-state index is -1.18. The van der Waals surface area contributed by atoms with Gasteiger partial charge < -0.3 is 24.4 Å². The van der Waals surface area contributed by atoms with Crippen molar-refractivity contribution < 1.29 is 29.0 Å². The van der Waals surface area contributed by atoms with Crippen LogP contribution in [0, 0.1) is 17.8 Å². The molecule has 37 heavy (non-hydrogen) atoms. The third-order valence-corrected chi connectivity index (χ3v) is 9.04. The van der Waals surface area contributed by atoms with Gasteiger partial charge in [0.05, 0.1) is 37.2 Å². The highest BCUT2D eigenvalue weighted by molar-refractivity contribution is 9.09. The second kappa shape index (κ2) is 12.4. The Morgan fingerprint density at radius 1 is 1.32 bits per heavy atom. The Balaban J connectivity index is 2.06. The molecule has 0 saturated carbocycles. The van der Waals surface area contributed by atoms with E-state index in [2.05, 4.69) is 36.0 Å². The van der Waals surface area contributed by atoms with Gasteiger partial charge in [-0.15, -0.1) is 13.2 Å². The van der Waals surface area contributed by atoms with E-state index in [1.165, 1.54) is 4.90 Å². The van der Waals surface area contributed by atoms with Crippen molar-refractivity contribution >= 4 is 33.7 Å². The maximum Gasteiger partial charge on any atom is 0.312 e. The van der Waals surface area contributed by atoms with Gasteiger partial charge in [0.15, 0.2) is 0 Å². The normalized spacial score (nSPS) is 31.8. The molecule has 1 N–H and O–H groups in total. The van der Waals surface area contributed by atoms with Gasteiger partial charge in [0.2, 0.25) is 11.8 Å². The van der Waals surface area contributed by atoms with Gasteiger partial charge in [-0.3, -0.25) is 14.4 Å².